The summed E-state index contributed by atoms with van der Waals surface area (Å²) in [5.74, 6) is -0.418. The smallest absolute Gasteiger partial charge is 0.410 e. The Morgan fingerprint density at radius 2 is 1.78 bits per heavy atom. The molecule has 2 aromatic rings. The first-order valence-electron chi connectivity index (χ1n) is 17.2. The third-order valence-electron chi connectivity index (χ3n) is 9.65. The van der Waals surface area contributed by atoms with Crippen molar-refractivity contribution in [1.29, 1.82) is 0 Å². The Hall–Kier alpha value is -4.47. The summed E-state index contributed by atoms with van der Waals surface area (Å²) in [6, 6.07) is 4.88. The van der Waals surface area contributed by atoms with Crippen LogP contribution in [0.25, 0.3) is 0 Å². The maximum atomic E-state index is 15.5. The topological polar surface area (TPSA) is 157 Å². The summed E-state index contributed by atoms with van der Waals surface area (Å²) in [6.45, 7) is 13.4. The van der Waals surface area contributed by atoms with Crippen molar-refractivity contribution in [2.75, 3.05) is 94.2 Å². The number of anilines is 4. The van der Waals surface area contributed by atoms with Gasteiger partial charge >= 0.3 is 12.1 Å². The highest BCUT2D eigenvalue weighted by Gasteiger charge is 2.35. The maximum Gasteiger partial charge on any atom is 0.410 e. The number of nitrogens with two attached hydrogens (primary N) is 1. The van der Waals surface area contributed by atoms with E-state index < -0.39 is 17.3 Å². The summed E-state index contributed by atoms with van der Waals surface area (Å²) < 4.78 is 21.1. The molecule has 4 fully saturated rings. The van der Waals surface area contributed by atoms with Crippen molar-refractivity contribution < 1.29 is 23.5 Å². The molecule has 6 rings (SSSR count). The van der Waals surface area contributed by atoms with Gasteiger partial charge in [0.15, 0.2) is 11.5 Å². The lowest BCUT2D eigenvalue weighted by Crippen LogP contribution is -2.49. The molecule has 3 N–H and O–H groups in total. The average Bonchev–Trinajstić information content (AvgIpc) is 3.66. The van der Waals surface area contributed by atoms with E-state index in [1.807, 2.05) is 35.5 Å². The number of nitrogens with one attached hydrogen (secondary N) is 1. The molecule has 0 radical (unpaired) electrons. The number of piperidine rings is 1. The molecule has 266 valence electrons. The molecule has 4 aliphatic rings. The van der Waals surface area contributed by atoms with Gasteiger partial charge in [-0.05, 0) is 64.2 Å². The minimum atomic E-state index is -0.804. The molecular formula is C33H48FN11O4. The largest absolute Gasteiger partial charge is 0.444 e. The number of likely N-dealkylation sites (N-methyl/N-ethyl adjacent to an activating group) is 1. The molecule has 49 heavy (non-hydrogen) atoms. The summed E-state index contributed by atoms with van der Waals surface area (Å²) in [5.41, 5.74) is 5.83. The van der Waals surface area contributed by atoms with Crippen molar-refractivity contribution in [2.45, 2.75) is 51.7 Å². The van der Waals surface area contributed by atoms with Gasteiger partial charge in [0.1, 0.15) is 11.4 Å². The van der Waals surface area contributed by atoms with Crippen molar-refractivity contribution in [3.05, 3.63) is 29.7 Å². The van der Waals surface area contributed by atoms with Crippen molar-refractivity contribution in [3.8, 4) is 0 Å². The van der Waals surface area contributed by atoms with Crippen LogP contribution >= 0.6 is 0 Å². The molecule has 0 aliphatic carbocycles. The van der Waals surface area contributed by atoms with E-state index >= 15 is 4.39 Å². The lowest BCUT2D eigenvalue weighted by molar-refractivity contribution is 0.0285. The number of carbonyl (C=O) groups is 3. The third kappa shape index (κ3) is 8.06. The number of hydrogen-bond donors (Lipinski definition) is 2. The number of rotatable bonds is 8. The summed E-state index contributed by atoms with van der Waals surface area (Å²) in [4.78, 5) is 53.6. The Morgan fingerprint density at radius 3 is 2.45 bits per heavy atom. The van der Waals surface area contributed by atoms with Crippen LogP contribution in [-0.4, -0.2) is 143 Å². The lowest BCUT2D eigenvalue weighted by atomic mass is 10.0. The molecule has 1 aromatic heterocycles. The molecule has 15 nitrogen and oxygen atoms in total. The van der Waals surface area contributed by atoms with Crippen molar-refractivity contribution >= 4 is 41.2 Å². The van der Waals surface area contributed by atoms with Crippen LogP contribution in [0.2, 0.25) is 0 Å². The number of ether oxygens (including phenoxy) is 1. The Morgan fingerprint density at radius 1 is 1.00 bits per heavy atom. The monoisotopic (exact) mass is 681 g/mol. The van der Waals surface area contributed by atoms with E-state index in [9.17, 15) is 14.4 Å². The third-order valence-corrected chi connectivity index (χ3v) is 9.65. The molecule has 4 aliphatic heterocycles. The number of nitrogens with zero attached hydrogens (tertiary/aromatic N) is 9. The van der Waals surface area contributed by atoms with Crippen molar-refractivity contribution in [2.24, 2.45) is 11.7 Å². The van der Waals surface area contributed by atoms with Crippen molar-refractivity contribution in [1.82, 2.24) is 34.8 Å². The number of hydrogen-bond acceptors (Lipinski definition) is 11. The minimum Gasteiger partial charge on any atom is -0.444 e. The number of aromatic nitrogens is 3. The molecule has 5 heterocycles. The van der Waals surface area contributed by atoms with Crippen LogP contribution in [-0.2, 0) is 4.74 Å². The van der Waals surface area contributed by atoms with E-state index in [4.69, 9.17) is 10.5 Å². The fourth-order valence-corrected chi connectivity index (χ4v) is 7.09. The van der Waals surface area contributed by atoms with E-state index in [1.54, 1.807) is 29.0 Å². The fourth-order valence-electron chi connectivity index (χ4n) is 7.09. The highest BCUT2D eigenvalue weighted by molar-refractivity contribution is 5.96. The van der Waals surface area contributed by atoms with E-state index in [1.165, 1.54) is 6.07 Å². The van der Waals surface area contributed by atoms with Gasteiger partial charge in [0.05, 0.1) is 11.7 Å². The predicted octanol–water partition coefficient (Wildman–Crippen LogP) is 2.57. The molecule has 2 atom stereocenters. The summed E-state index contributed by atoms with van der Waals surface area (Å²) in [5, 5.41) is 11.3. The first kappa shape index (κ1) is 34.4. The molecule has 4 amide bonds. The van der Waals surface area contributed by atoms with Gasteiger partial charge in [-0.3, -0.25) is 9.69 Å². The normalized spacial score (nSPS) is 22.2. The number of benzene rings is 1. The molecule has 1 unspecified atom stereocenters. The minimum absolute atomic E-state index is 0.0157. The number of urea groups is 1. The van der Waals surface area contributed by atoms with Gasteiger partial charge in [0.2, 0.25) is 5.95 Å². The molecule has 0 bridgehead atoms. The zero-order valence-electron chi connectivity index (χ0n) is 28.9. The SMILES string of the molecule is CN1CCN([C@@H]2CCCN(c3nnc(C(N)=O)c(Nc4ccc(N5CCN(CC6CCN(C(=O)OC(C)(C)C)C6)CC5)c(F)c4)n3)C2)C1=O. The molecule has 0 spiro atoms. The molecule has 0 saturated carbocycles. The van der Waals surface area contributed by atoms with Gasteiger partial charge in [0.25, 0.3) is 5.91 Å². The Bertz CT molecular complexity index is 1550. The number of halogens is 1. The van der Waals surface area contributed by atoms with Gasteiger partial charge in [0, 0.05) is 84.7 Å². The lowest BCUT2D eigenvalue weighted by Gasteiger charge is -2.37. The second-order valence-electron chi connectivity index (χ2n) is 14.5. The fraction of sp³-hybridized carbons (Fsp3) is 0.636. The molecule has 1 aromatic carbocycles. The molecule has 4 saturated heterocycles. The summed E-state index contributed by atoms with van der Waals surface area (Å²) in [6.07, 6.45) is 2.41. The van der Waals surface area contributed by atoms with E-state index in [0.29, 0.717) is 75.6 Å². The van der Waals surface area contributed by atoms with Gasteiger partial charge in [-0.2, -0.15) is 4.98 Å². The van der Waals surface area contributed by atoms with Crippen LogP contribution in [0.3, 0.4) is 0 Å². The maximum absolute atomic E-state index is 15.5. The second-order valence-corrected chi connectivity index (χ2v) is 14.5. The zero-order chi connectivity index (χ0) is 34.9. The standard InChI is InChI=1S/C33H48FN11O4/c1-33(2,3)49-32(48)44-11-9-22(20-44)19-41-13-15-42(16-14-41)26-8-7-23(18-25(26)34)36-29-27(28(35)46)38-39-30(37-29)43-10-5-6-24(21-43)45-17-12-40(4)31(45)47/h7-8,18,22,24H,5-6,9-17,19-21H2,1-4H3,(H2,35,46)(H,36,37,39)/t22?,24-/m1/s1. The Labute approximate surface area is 286 Å². The number of amides is 4. The highest BCUT2D eigenvalue weighted by Crippen LogP contribution is 2.29. The van der Waals surface area contributed by atoms with Crippen molar-refractivity contribution in [3.63, 3.8) is 0 Å². The summed E-state index contributed by atoms with van der Waals surface area (Å²) >= 11 is 0. The molecule has 16 heteroatoms. The van der Waals surface area contributed by atoms with E-state index in [-0.39, 0.29) is 29.7 Å². The van der Waals surface area contributed by atoms with Gasteiger partial charge < -0.3 is 40.3 Å². The first-order valence-corrected chi connectivity index (χ1v) is 17.2. The van der Waals surface area contributed by atoms with Crippen LogP contribution in [0.1, 0.15) is 50.5 Å². The molecular weight excluding hydrogens is 633 g/mol. The Balaban J connectivity index is 1.05. The van der Waals surface area contributed by atoms with Crippen LogP contribution < -0.4 is 20.9 Å². The van der Waals surface area contributed by atoms with Crippen LogP contribution in [0, 0.1) is 11.7 Å². The van der Waals surface area contributed by atoms with Gasteiger partial charge in [-0.25, -0.2) is 14.0 Å². The number of carbonyl (C=O) groups excluding carboxylic acids is 3. The summed E-state index contributed by atoms with van der Waals surface area (Å²) in [7, 11) is 1.80. The Kier molecular flexibility index (Phi) is 9.95. The highest BCUT2D eigenvalue weighted by atomic mass is 19.1. The number of likely N-dealkylation sites (tertiary alicyclic amines) is 1. The predicted molar refractivity (Wildman–Crippen MR) is 183 cm³/mol. The number of piperazine rings is 1. The average molecular weight is 682 g/mol. The van der Waals surface area contributed by atoms with Crippen LogP contribution in [0.4, 0.5) is 37.1 Å². The first-order chi connectivity index (χ1) is 23.3. The van der Waals surface area contributed by atoms with E-state index in [0.717, 1.165) is 38.9 Å². The van der Waals surface area contributed by atoms with Crippen LogP contribution in [0.5, 0.6) is 0 Å². The van der Waals surface area contributed by atoms with Gasteiger partial charge in [-0.15, -0.1) is 10.2 Å². The quantitative estimate of drug-likeness (QED) is 0.422. The van der Waals surface area contributed by atoms with E-state index in [2.05, 4.69) is 25.4 Å². The van der Waals surface area contributed by atoms with Gasteiger partial charge in [-0.1, -0.05) is 0 Å². The zero-order valence-corrected chi connectivity index (χ0v) is 28.9. The van der Waals surface area contributed by atoms with Crippen LogP contribution in [0.15, 0.2) is 18.2 Å². The second kappa shape index (κ2) is 14.2. The number of primary amides is 1.